The standard InChI is InChI=1S/C25H26FNO4S/c1-4-18(8-5-15(2)25(29)30)16(3)27-24(28)23-20-11-12-31-14-22(20)32-21(23)13-17-6-9-19(26)10-7-17/h4-10,16H,1,11-14H2,2-3H3,(H,27,28)(H,29,30)/b15-5+,18-8+. The van der Waals surface area contributed by atoms with Gasteiger partial charge >= 0.3 is 5.97 Å². The van der Waals surface area contributed by atoms with Crippen molar-refractivity contribution in [1.82, 2.24) is 5.32 Å². The maximum Gasteiger partial charge on any atom is 0.331 e. The van der Waals surface area contributed by atoms with Crippen LogP contribution in [-0.2, 0) is 29.0 Å². The number of carboxylic acids is 1. The van der Waals surface area contributed by atoms with E-state index in [-0.39, 0.29) is 23.3 Å². The number of rotatable bonds is 8. The molecule has 32 heavy (non-hydrogen) atoms. The van der Waals surface area contributed by atoms with Crippen LogP contribution in [0.1, 0.15) is 45.1 Å². The molecule has 1 amide bonds. The lowest BCUT2D eigenvalue weighted by Gasteiger charge is -2.18. The van der Waals surface area contributed by atoms with Gasteiger partial charge in [-0.2, -0.15) is 0 Å². The first-order valence-electron chi connectivity index (χ1n) is 10.3. The number of allylic oxidation sites excluding steroid dienone is 2. The van der Waals surface area contributed by atoms with Crippen LogP contribution in [-0.4, -0.2) is 29.6 Å². The third-order valence-electron chi connectivity index (χ3n) is 5.34. The van der Waals surface area contributed by atoms with E-state index in [2.05, 4.69) is 11.9 Å². The van der Waals surface area contributed by atoms with Gasteiger partial charge in [0, 0.05) is 21.7 Å². The van der Waals surface area contributed by atoms with E-state index in [1.165, 1.54) is 25.1 Å². The molecule has 0 saturated heterocycles. The molecule has 2 N–H and O–H groups in total. The van der Waals surface area contributed by atoms with Crippen LogP contribution in [0.3, 0.4) is 0 Å². The highest BCUT2D eigenvalue weighted by atomic mass is 32.1. The molecule has 5 nitrogen and oxygen atoms in total. The fourth-order valence-electron chi connectivity index (χ4n) is 3.50. The lowest BCUT2D eigenvalue weighted by Crippen LogP contribution is -2.34. The van der Waals surface area contributed by atoms with Gasteiger partial charge in [0.05, 0.1) is 24.8 Å². The van der Waals surface area contributed by atoms with Gasteiger partial charge in [-0.05, 0) is 49.1 Å². The smallest absolute Gasteiger partial charge is 0.331 e. The fraction of sp³-hybridized carbons (Fsp3) is 0.280. The molecule has 1 aliphatic rings. The maximum atomic E-state index is 13.3. The zero-order valence-corrected chi connectivity index (χ0v) is 18.9. The van der Waals surface area contributed by atoms with Gasteiger partial charge in [0.15, 0.2) is 0 Å². The van der Waals surface area contributed by atoms with Crippen molar-refractivity contribution >= 4 is 23.2 Å². The minimum atomic E-state index is -1.00. The summed E-state index contributed by atoms with van der Waals surface area (Å²) in [7, 11) is 0. The van der Waals surface area contributed by atoms with E-state index in [4.69, 9.17) is 9.84 Å². The molecule has 0 fully saturated rings. The summed E-state index contributed by atoms with van der Waals surface area (Å²) in [5.74, 6) is -1.49. The predicted octanol–water partition coefficient (Wildman–Crippen LogP) is 4.81. The monoisotopic (exact) mass is 455 g/mol. The van der Waals surface area contributed by atoms with Crippen LogP contribution in [0.15, 0.2) is 60.2 Å². The Labute approximate surface area is 190 Å². The van der Waals surface area contributed by atoms with Gasteiger partial charge in [-0.1, -0.05) is 36.9 Å². The number of thiophene rings is 1. The Bertz CT molecular complexity index is 1080. The van der Waals surface area contributed by atoms with E-state index in [1.807, 2.05) is 6.92 Å². The van der Waals surface area contributed by atoms with Crippen molar-refractivity contribution in [2.24, 2.45) is 0 Å². The average molecular weight is 456 g/mol. The first kappa shape index (κ1) is 23.6. The van der Waals surface area contributed by atoms with Crippen LogP contribution in [0, 0.1) is 5.82 Å². The highest BCUT2D eigenvalue weighted by Gasteiger charge is 2.26. The lowest BCUT2D eigenvalue weighted by atomic mass is 9.99. The first-order chi connectivity index (χ1) is 15.3. The van der Waals surface area contributed by atoms with E-state index in [0.29, 0.717) is 37.2 Å². The summed E-state index contributed by atoms with van der Waals surface area (Å²) in [6.07, 6.45) is 5.94. The summed E-state index contributed by atoms with van der Waals surface area (Å²) in [5.41, 5.74) is 3.48. The maximum absolute atomic E-state index is 13.3. The number of hydrogen-bond acceptors (Lipinski definition) is 4. The summed E-state index contributed by atoms with van der Waals surface area (Å²) < 4.78 is 18.9. The lowest BCUT2D eigenvalue weighted by molar-refractivity contribution is -0.132. The molecule has 3 rings (SSSR count). The zero-order chi connectivity index (χ0) is 23.3. The molecule has 1 atom stereocenters. The third-order valence-corrected chi connectivity index (χ3v) is 6.55. The van der Waals surface area contributed by atoms with Gasteiger partial charge in [0.1, 0.15) is 5.82 Å². The van der Waals surface area contributed by atoms with E-state index in [1.54, 1.807) is 35.6 Å². The minimum Gasteiger partial charge on any atom is -0.478 e. The molecule has 2 heterocycles. The SMILES string of the molecule is C=C/C(=C\C=C(/C)C(=O)O)C(C)NC(=O)c1c(Cc2ccc(F)cc2)sc2c1CCOC2. The summed E-state index contributed by atoms with van der Waals surface area (Å²) in [6.45, 7) is 8.16. The second-order valence-corrected chi connectivity index (χ2v) is 8.82. The van der Waals surface area contributed by atoms with Crippen molar-refractivity contribution in [2.75, 3.05) is 6.61 Å². The quantitative estimate of drug-likeness (QED) is 0.442. The van der Waals surface area contributed by atoms with Crippen molar-refractivity contribution in [3.05, 3.63) is 92.5 Å². The van der Waals surface area contributed by atoms with E-state index >= 15 is 0 Å². The number of halogens is 1. The largest absolute Gasteiger partial charge is 0.478 e. The summed E-state index contributed by atoms with van der Waals surface area (Å²) >= 11 is 1.56. The molecular weight excluding hydrogens is 429 g/mol. The molecule has 0 aliphatic carbocycles. The number of carbonyl (C=O) groups excluding carboxylic acids is 1. The van der Waals surface area contributed by atoms with Crippen molar-refractivity contribution in [1.29, 1.82) is 0 Å². The average Bonchev–Trinajstić information content (AvgIpc) is 3.13. The number of carbonyl (C=O) groups is 2. The number of amides is 1. The molecule has 1 aromatic heterocycles. The van der Waals surface area contributed by atoms with Gasteiger partial charge in [-0.25, -0.2) is 9.18 Å². The van der Waals surface area contributed by atoms with Crippen LogP contribution in [0.25, 0.3) is 0 Å². The Morgan fingerprint density at radius 3 is 2.69 bits per heavy atom. The highest BCUT2D eigenvalue weighted by molar-refractivity contribution is 7.12. The predicted molar refractivity (Wildman–Crippen MR) is 123 cm³/mol. The molecule has 0 radical (unpaired) electrons. The van der Waals surface area contributed by atoms with Gasteiger partial charge in [0.25, 0.3) is 5.91 Å². The molecule has 168 valence electrons. The number of carboxylic acid groups (broad SMARTS) is 1. The van der Waals surface area contributed by atoms with Crippen LogP contribution < -0.4 is 5.32 Å². The summed E-state index contributed by atoms with van der Waals surface area (Å²) in [4.78, 5) is 26.3. The van der Waals surface area contributed by atoms with Crippen molar-refractivity contribution < 1.29 is 23.8 Å². The molecule has 1 aliphatic heterocycles. The molecule has 0 spiro atoms. The number of hydrogen-bond donors (Lipinski definition) is 2. The normalized spacial score (nSPS) is 15.1. The van der Waals surface area contributed by atoms with E-state index in [9.17, 15) is 14.0 Å². The van der Waals surface area contributed by atoms with Crippen LogP contribution >= 0.6 is 11.3 Å². The number of nitrogens with one attached hydrogen (secondary N) is 1. The fourth-order valence-corrected chi connectivity index (χ4v) is 4.82. The highest BCUT2D eigenvalue weighted by Crippen LogP contribution is 2.34. The van der Waals surface area contributed by atoms with Gasteiger partial charge in [-0.15, -0.1) is 11.3 Å². The molecule has 0 bridgehead atoms. The van der Waals surface area contributed by atoms with Gasteiger partial charge in [0.2, 0.25) is 0 Å². The van der Waals surface area contributed by atoms with Gasteiger partial charge < -0.3 is 15.2 Å². The van der Waals surface area contributed by atoms with Crippen molar-refractivity contribution in [3.8, 4) is 0 Å². The van der Waals surface area contributed by atoms with Crippen LogP contribution in [0.5, 0.6) is 0 Å². The van der Waals surface area contributed by atoms with Crippen molar-refractivity contribution in [3.63, 3.8) is 0 Å². The second-order valence-electron chi connectivity index (χ2n) is 7.63. The topological polar surface area (TPSA) is 75.6 Å². The Morgan fingerprint density at radius 2 is 2.03 bits per heavy atom. The second kappa shape index (κ2) is 10.5. The van der Waals surface area contributed by atoms with Gasteiger partial charge in [-0.3, -0.25) is 4.79 Å². The van der Waals surface area contributed by atoms with E-state index < -0.39 is 5.97 Å². The number of benzene rings is 1. The van der Waals surface area contributed by atoms with E-state index in [0.717, 1.165) is 20.9 Å². The number of ether oxygens (including phenoxy) is 1. The number of aliphatic carboxylic acids is 1. The summed E-state index contributed by atoms with van der Waals surface area (Å²) in [6, 6.07) is 5.92. The Kier molecular flexibility index (Phi) is 7.77. The van der Waals surface area contributed by atoms with Crippen LogP contribution in [0.4, 0.5) is 4.39 Å². The molecule has 1 unspecified atom stereocenters. The van der Waals surface area contributed by atoms with Crippen LogP contribution in [0.2, 0.25) is 0 Å². The zero-order valence-electron chi connectivity index (χ0n) is 18.1. The molecule has 2 aromatic rings. The Balaban J connectivity index is 1.87. The first-order valence-corrected chi connectivity index (χ1v) is 11.1. The third kappa shape index (κ3) is 5.60. The Hall–Kier alpha value is -3.03. The Morgan fingerprint density at radius 1 is 1.31 bits per heavy atom. The minimum absolute atomic E-state index is 0.191. The molecule has 7 heteroatoms. The number of fused-ring (bicyclic) bond motifs is 1. The summed E-state index contributed by atoms with van der Waals surface area (Å²) in [5, 5.41) is 12.1. The van der Waals surface area contributed by atoms with Crippen molar-refractivity contribution in [2.45, 2.75) is 39.3 Å². The molecule has 1 aromatic carbocycles. The molecule has 0 saturated carbocycles. The molecular formula is C25H26FNO4S.